The summed E-state index contributed by atoms with van der Waals surface area (Å²) in [6.45, 7) is 0. The topological polar surface area (TPSA) is 56.5 Å². The number of hydrogen-bond acceptors (Lipinski definition) is 4. The second-order valence-electron chi connectivity index (χ2n) is 10.9. The zero-order valence-electron chi connectivity index (χ0n) is 23.7. The van der Waals surface area contributed by atoms with Crippen LogP contribution in [0.2, 0.25) is 0 Å². The maximum atomic E-state index is 6.85. The molecule has 1 aliphatic rings. The molecule has 0 fully saturated rings. The summed E-state index contributed by atoms with van der Waals surface area (Å²) in [7, 11) is 0. The zero-order valence-corrected chi connectivity index (χ0v) is 24.4. The smallest absolute Gasteiger partial charge is 0.163 e. The lowest BCUT2D eigenvalue weighted by Crippen LogP contribution is -2.10. The first-order valence-electron chi connectivity index (χ1n) is 14.6. The van der Waals surface area contributed by atoms with Gasteiger partial charge in [0.1, 0.15) is 11.6 Å². The Bertz CT molecular complexity index is 2150. The molecule has 5 nitrogen and oxygen atoms in total. The van der Waals surface area contributed by atoms with Crippen molar-refractivity contribution in [1.82, 2.24) is 24.5 Å². The van der Waals surface area contributed by atoms with Crippen molar-refractivity contribution in [3.05, 3.63) is 156 Å². The number of rotatable bonds is 5. The minimum absolute atomic E-state index is 0.110. The van der Waals surface area contributed by atoms with Gasteiger partial charge < -0.3 is 0 Å². The predicted molar refractivity (Wildman–Crippen MR) is 179 cm³/mol. The molecule has 0 saturated carbocycles. The Morgan fingerprint density at radius 3 is 1.98 bits per heavy atom. The summed E-state index contributed by atoms with van der Waals surface area (Å²) in [6, 6.07) is 41.2. The highest BCUT2D eigenvalue weighted by molar-refractivity contribution is 6.30. The molecule has 3 aromatic heterocycles. The van der Waals surface area contributed by atoms with Crippen LogP contribution < -0.4 is 0 Å². The molecule has 0 aliphatic heterocycles. The number of allylic oxidation sites excluding steroid dienone is 4. The molecule has 1 atom stereocenters. The number of benzene rings is 4. The van der Waals surface area contributed by atoms with Crippen LogP contribution in [0.5, 0.6) is 0 Å². The molecular formula is C38H26ClN5. The monoisotopic (exact) mass is 587 g/mol. The van der Waals surface area contributed by atoms with Crippen molar-refractivity contribution in [2.24, 2.45) is 0 Å². The van der Waals surface area contributed by atoms with Crippen molar-refractivity contribution in [2.75, 3.05) is 0 Å². The van der Waals surface area contributed by atoms with Gasteiger partial charge in [-0.05, 0) is 54.0 Å². The van der Waals surface area contributed by atoms with Gasteiger partial charge in [-0.3, -0.25) is 4.57 Å². The maximum absolute atomic E-state index is 6.85. The van der Waals surface area contributed by atoms with E-state index in [9.17, 15) is 0 Å². The molecule has 7 aromatic rings. The molecule has 0 amide bonds. The van der Waals surface area contributed by atoms with Crippen LogP contribution in [0.1, 0.15) is 23.7 Å². The summed E-state index contributed by atoms with van der Waals surface area (Å²) in [5.74, 6) is 2.79. The van der Waals surface area contributed by atoms with E-state index in [1.165, 1.54) is 5.39 Å². The number of hydrogen-bond donors (Lipinski definition) is 0. The number of pyridine rings is 1. The highest BCUT2D eigenvalue weighted by Gasteiger charge is 2.23. The van der Waals surface area contributed by atoms with Crippen LogP contribution in [0.3, 0.4) is 0 Å². The highest BCUT2D eigenvalue weighted by Crippen LogP contribution is 2.39. The SMILES string of the molecule is ClC1=CC(c2ccc3c(c2)c2ccccc2n3-c2ccccn2)=CC(c2nc(-c3ccccc3)nc(-c3ccccc3)n2)C1. The van der Waals surface area contributed by atoms with Crippen molar-refractivity contribution in [2.45, 2.75) is 12.3 Å². The summed E-state index contributed by atoms with van der Waals surface area (Å²) in [5.41, 5.74) is 6.26. The van der Waals surface area contributed by atoms with Gasteiger partial charge in [-0.2, -0.15) is 0 Å². The molecule has 210 valence electrons. The molecule has 4 aromatic carbocycles. The fourth-order valence-corrected chi connectivity index (χ4v) is 6.27. The van der Waals surface area contributed by atoms with Gasteiger partial charge in [0, 0.05) is 39.0 Å². The lowest BCUT2D eigenvalue weighted by molar-refractivity contribution is 0.759. The van der Waals surface area contributed by atoms with Crippen molar-refractivity contribution in [1.29, 1.82) is 0 Å². The van der Waals surface area contributed by atoms with Gasteiger partial charge in [-0.1, -0.05) is 109 Å². The fraction of sp³-hybridized carbons (Fsp3) is 0.0526. The van der Waals surface area contributed by atoms with Crippen molar-refractivity contribution < 1.29 is 0 Å². The number of para-hydroxylation sites is 1. The number of nitrogens with zero attached hydrogens (tertiary/aromatic N) is 5. The molecule has 1 unspecified atom stereocenters. The third-order valence-electron chi connectivity index (χ3n) is 8.04. The van der Waals surface area contributed by atoms with Crippen molar-refractivity contribution >= 4 is 39.0 Å². The maximum Gasteiger partial charge on any atom is 0.163 e. The molecule has 8 rings (SSSR count). The van der Waals surface area contributed by atoms with Crippen LogP contribution in [0.25, 0.3) is 56.0 Å². The summed E-state index contributed by atoms with van der Waals surface area (Å²) < 4.78 is 2.22. The molecule has 0 N–H and O–H groups in total. The van der Waals surface area contributed by atoms with E-state index in [0.717, 1.165) is 49.5 Å². The first kappa shape index (κ1) is 26.3. The number of aromatic nitrogens is 5. The van der Waals surface area contributed by atoms with Gasteiger partial charge in [0.2, 0.25) is 0 Å². The van der Waals surface area contributed by atoms with E-state index in [-0.39, 0.29) is 5.92 Å². The number of halogens is 1. The lowest BCUT2D eigenvalue weighted by atomic mass is 9.91. The zero-order chi connectivity index (χ0) is 29.5. The average molecular weight is 588 g/mol. The second kappa shape index (κ2) is 11.0. The van der Waals surface area contributed by atoms with Gasteiger partial charge in [-0.15, -0.1) is 0 Å². The fourth-order valence-electron chi connectivity index (χ4n) is 5.98. The molecule has 6 heteroatoms. The molecule has 0 radical (unpaired) electrons. The van der Waals surface area contributed by atoms with E-state index in [1.807, 2.05) is 85.1 Å². The normalized spacial score (nSPS) is 14.9. The van der Waals surface area contributed by atoms with E-state index in [4.69, 9.17) is 26.6 Å². The Morgan fingerprint density at radius 1 is 0.614 bits per heavy atom. The van der Waals surface area contributed by atoms with Crippen LogP contribution in [0.15, 0.2) is 145 Å². The third kappa shape index (κ3) is 4.77. The lowest BCUT2D eigenvalue weighted by Gasteiger charge is -2.19. The Labute approximate surface area is 259 Å². The molecular weight excluding hydrogens is 562 g/mol. The van der Waals surface area contributed by atoms with E-state index in [1.54, 1.807) is 0 Å². The standard InChI is InChI=1S/C38H26ClN5/c39-30-22-28(27-18-19-34-32(24-27)31-15-7-8-16-33(31)44(34)35-17-9-10-20-40-35)21-29(23-30)38-42-36(25-11-3-1-4-12-25)41-37(43-38)26-13-5-2-6-14-26/h1-22,24,29H,23H2. The van der Waals surface area contributed by atoms with Gasteiger partial charge in [0.15, 0.2) is 11.6 Å². The first-order chi connectivity index (χ1) is 21.7. The van der Waals surface area contributed by atoms with Crippen LogP contribution in [0.4, 0.5) is 0 Å². The van der Waals surface area contributed by atoms with Gasteiger partial charge in [-0.25, -0.2) is 19.9 Å². The minimum Gasteiger partial charge on any atom is -0.294 e. The quantitative estimate of drug-likeness (QED) is 0.201. The highest BCUT2D eigenvalue weighted by atomic mass is 35.5. The van der Waals surface area contributed by atoms with Crippen LogP contribution in [-0.2, 0) is 0 Å². The average Bonchev–Trinajstić information content (AvgIpc) is 3.43. The molecule has 3 heterocycles. The van der Waals surface area contributed by atoms with Gasteiger partial charge in [0.25, 0.3) is 0 Å². The Hall–Kier alpha value is -5.39. The Kier molecular flexibility index (Phi) is 6.58. The molecule has 0 spiro atoms. The van der Waals surface area contributed by atoms with Crippen molar-refractivity contribution in [3.63, 3.8) is 0 Å². The summed E-state index contributed by atoms with van der Waals surface area (Å²) >= 11 is 6.85. The third-order valence-corrected chi connectivity index (χ3v) is 8.30. The molecule has 44 heavy (non-hydrogen) atoms. The van der Waals surface area contributed by atoms with Gasteiger partial charge >= 0.3 is 0 Å². The number of fused-ring (bicyclic) bond motifs is 3. The van der Waals surface area contributed by atoms with E-state index in [0.29, 0.717) is 23.9 Å². The van der Waals surface area contributed by atoms with E-state index >= 15 is 0 Å². The van der Waals surface area contributed by atoms with Crippen LogP contribution in [0, 0.1) is 0 Å². The first-order valence-corrected chi connectivity index (χ1v) is 15.0. The van der Waals surface area contributed by atoms with E-state index < -0.39 is 0 Å². The molecule has 0 bridgehead atoms. The van der Waals surface area contributed by atoms with Gasteiger partial charge in [0.05, 0.1) is 11.0 Å². The predicted octanol–water partition coefficient (Wildman–Crippen LogP) is 9.39. The van der Waals surface area contributed by atoms with Crippen molar-refractivity contribution in [3.8, 4) is 28.6 Å². The summed E-state index contributed by atoms with van der Waals surface area (Å²) in [5, 5.41) is 3.11. The minimum atomic E-state index is -0.110. The van der Waals surface area contributed by atoms with Crippen LogP contribution in [-0.4, -0.2) is 24.5 Å². The summed E-state index contributed by atoms with van der Waals surface area (Å²) in [4.78, 5) is 19.5. The Balaban J connectivity index is 1.26. The Morgan fingerprint density at radius 2 is 1.27 bits per heavy atom. The molecule has 0 saturated heterocycles. The summed E-state index contributed by atoms with van der Waals surface area (Å²) in [6.07, 6.45) is 6.76. The second-order valence-corrected chi connectivity index (χ2v) is 11.4. The molecule has 1 aliphatic carbocycles. The largest absolute Gasteiger partial charge is 0.294 e. The van der Waals surface area contributed by atoms with Crippen LogP contribution >= 0.6 is 11.6 Å². The van der Waals surface area contributed by atoms with E-state index in [2.05, 4.69) is 64.2 Å².